The Labute approximate surface area is 84.3 Å². The van der Waals surface area contributed by atoms with Gasteiger partial charge in [0.25, 0.3) is 0 Å². The monoisotopic (exact) mass is 220 g/mol. The maximum atomic E-state index is 11.9. The van der Waals surface area contributed by atoms with Crippen molar-refractivity contribution in [1.82, 2.24) is 0 Å². The maximum absolute atomic E-state index is 11.9. The summed E-state index contributed by atoms with van der Waals surface area (Å²) in [5, 5.41) is 17.5. The summed E-state index contributed by atoms with van der Waals surface area (Å²) < 4.78 is 39.3. The smallest absolute Gasteiger partial charge is 0.425 e. The van der Waals surface area contributed by atoms with Crippen molar-refractivity contribution in [2.24, 2.45) is 0 Å². The molecule has 1 unspecified atom stereocenters. The van der Waals surface area contributed by atoms with E-state index in [1.165, 1.54) is 24.3 Å². The molecule has 1 atom stereocenters. The number of hydrogen-bond acceptors (Lipinski definition) is 3. The highest BCUT2D eigenvalue weighted by atomic mass is 19.4. The average molecular weight is 220 g/mol. The first-order chi connectivity index (χ1) is 6.90. The van der Waals surface area contributed by atoms with Crippen molar-refractivity contribution in [2.75, 3.05) is 0 Å². The van der Waals surface area contributed by atoms with Crippen LogP contribution in [0.1, 0.15) is 11.6 Å². The summed E-state index contributed by atoms with van der Waals surface area (Å²) in [5.74, 6) is 0. The van der Waals surface area contributed by atoms with Crippen molar-refractivity contribution in [3.63, 3.8) is 0 Å². The second kappa shape index (κ2) is 4.65. The highest BCUT2D eigenvalue weighted by molar-refractivity contribution is 6.42. The summed E-state index contributed by atoms with van der Waals surface area (Å²) in [6.07, 6.45) is -4.91. The van der Waals surface area contributed by atoms with Crippen molar-refractivity contribution in [3.8, 4) is 0 Å². The van der Waals surface area contributed by atoms with Crippen molar-refractivity contribution in [1.29, 1.82) is 0 Å². The van der Waals surface area contributed by atoms with Gasteiger partial charge in [0.05, 0.1) is 0 Å². The highest BCUT2D eigenvalue weighted by Crippen LogP contribution is 2.28. The number of benzene rings is 1. The number of ether oxygens (including phenoxy) is 1. The topological polar surface area (TPSA) is 49.7 Å². The van der Waals surface area contributed by atoms with Crippen molar-refractivity contribution >= 4 is 7.12 Å². The third-order valence-corrected chi connectivity index (χ3v) is 1.66. The molecule has 0 aliphatic rings. The standard InChI is InChI=1S/C8H8BF3O3/c10-8(11,12)15-7(9(13)14)6-4-2-1-3-5-6/h1-5,7,13-14H. The van der Waals surface area contributed by atoms with E-state index in [1.807, 2.05) is 0 Å². The Morgan fingerprint density at radius 1 is 1.13 bits per heavy atom. The second-order valence-corrected chi connectivity index (χ2v) is 2.81. The minimum absolute atomic E-state index is 0.0461. The lowest BCUT2D eigenvalue weighted by atomic mass is 9.78. The van der Waals surface area contributed by atoms with Crippen LogP contribution in [0.5, 0.6) is 0 Å². The molecule has 1 aromatic rings. The molecule has 3 nitrogen and oxygen atoms in total. The molecule has 0 aliphatic carbocycles. The van der Waals surface area contributed by atoms with Gasteiger partial charge in [0.15, 0.2) is 0 Å². The molecule has 0 aromatic heterocycles. The Bertz CT molecular complexity index is 302. The van der Waals surface area contributed by atoms with Gasteiger partial charge in [-0.25, -0.2) is 0 Å². The Morgan fingerprint density at radius 3 is 2.07 bits per heavy atom. The Morgan fingerprint density at radius 2 is 1.67 bits per heavy atom. The first-order valence-corrected chi connectivity index (χ1v) is 4.06. The molecule has 0 amide bonds. The van der Waals surface area contributed by atoms with Gasteiger partial charge >= 0.3 is 13.5 Å². The summed E-state index contributed by atoms with van der Waals surface area (Å²) in [4.78, 5) is 0. The van der Waals surface area contributed by atoms with E-state index in [0.717, 1.165) is 0 Å². The summed E-state index contributed by atoms with van der Waals surface area (Å²) in [5.41, 5.74) is 0.0461. The minimum Gasteiger partial charge on any atom is -0.425 e. The fourth-order valence-electron chi connectivity index (χ4n) is 1.09. The van der Waals surface area contributed by atoms with Gasteiger partial charge in [-0.1, -0.05) is 30.3 Å². The predicted octanol–water partition coefficient (Wildman–Crippen LogP) is 1.28. The summed E-state index contributed by atoms with van der Waals surface area (Å²) >= 11 is 0. The maximum Gasteiger partial charge on any atom is 0.522 e. The van der Waals surface area contributed by atoms with E-state index in [0.29, 0.717) is 0 Å². The molecule has 0 bridgehead atoms. The van der Waals surface area contributed by atoms with Crippen LogP contribution in [-0.2, 0) is 4.74 Å². The fraction of sp³-hybridized carbons (Fsp3) is 0.250. The summed E-state index contributed by atoms with van der Waals surface area (Å²) in [7, 11) is -2.23. The van der Waals surface area contributed by atoms with Crippen LogP contribution in [0.25, 0.3) is 0 Å². The Balaban J connectivity index is 2.85. The lowest BCUT2D eigenvalue weighted by Gasteiger charge is -2.18. The van der Waals surface area contributed by atoms with Crippen molar-refractivity contribution in [2.45, 2.75) is 12.4 Å². The zero-order valence-corrected chi connectivity index (χ0v) is 7.48. The number of alkyl halides is 3. The van der Waals surface area contributed by atoms with Crippen LogP contribution in [-0.4, -0.2) is 23.5 Å². The summed E-state index contributed by atoms with van der Waals surface area (Å²) in [6, 6.07) is 5.35. The normalized spacial score (nSPS) is 13.7. The van der Waals surface area contributed by atoms with Crippen LogP contribution in [0, 0.1) is 0 Å². The van der Waals surface area contributed by atoms with Crippen LogP contribution in [0.15, 0.2) is 30.3 Å². The van der Waals surface area contributed by atoms with Crippen LogP contribution in [0.4, 0.5) is 13.2 Å². The Hall–Kier alpha value is -1.05. The third-order valence-electron chi connectivity index (χ3n) is 1.66. The molecule has 0 radical (unpaired) electrons. The van der Waals surface area contributed by atoms with E-state index in [-0.39, 0.29) is 5.56 Å². The van der Waals surface area contributed by atoms with E-state index in [4.69, 9.17) is 10.0 Å². The molecule has 0 heterocycles. The van der Waals surface area contributed by atoms with E-state index in [9.17, 15) is 13.2 Å². The third kappa shape index (κ3) is 3.90. The molecular formula is C8H8BF3O3. The molecule has 0 aliphatic heterocycles. The van der Waals surface area contributed by atoms with E-state index < -0.39 is 19.5 Å². The lowest BCUT2D eigenvalue weighted by molar-refractivity contribution is -0.336. The quantitative estimate of drug-likeness (QED) is 0.754. The zero-order valence-electron chi connectivity index (χ0n) is 7.48. The van der Waals surface area contributed by atoms with Gasteiger partial charge in [-0.2, -0.15) is 0 Å². The first kappa shape index (κ1) is 12.0. The van der Waals surface area contributed by atoms with E-state index in [2.05, 4.69) is 4.74 Å². The molecule has 0 spiro atoms. The van der Waals surface area contributed by atoms with Crippen molar-refractivity contribution < 1.29 is 28.0 Å². The molecule has 1 rings (SSSR count). The lowest BCUT2D eigenvalue weighted by Crippen LogP contribution is -2.31. The van der Waals surface area contributed by atoms with Gasteiger partial charge in [-0.05, 0) is 5.56 Å². The SMILES string of the molecule is OB(O)C(OC(F)(F)F)c1ccccc1. The molecule has 0 saturated carbocycles. The van der Waals surface area contributed by atoms with Crippen LogP contribution >= 0.6 is 0 Å². The second-order valence-electron chi connectivity index (χ2n) is 2.81. The number of hydrogen-bond donors (Lipinski definition) is 2. The molecule has 2 N–H and O–H groups in total. The molecule has 15 heavy (non-hydrogen) atoms. The van der Waals surface area contributed by atoms with Crippen LogP contribution < -0.4 is 0 Å². The van der Waals surface area contributed by atoms with Crippen LogP contribution in [0.3, 0.4) is 0 Å². The van der Waals surface area contributed by atoms with E-state index >= 15 is 0 Å². The zero-order chi connectivity index (χ0) is 11.5. The number of halogens is 3. The van der Waals surface area contributed by atoms with Gasteiger partial charge in [0.2, 0.25) is 0 Å². The largest absolute Gasteiger partial charge is 0.522 e. The molecule has 82 valence electrons. The molecular weight excluding hydrogens is 212 g/mol. The van der Waals surface area contributed by atoms with Crippen molar-refractivity contribution in [3.05, 3.63) is 35.9 Å². The van der Waals surface area contributed by atoms with Gasteiger partial charge in [0, 0.05) is 0 Å². The summed E-state index contributed by atoms with van der Waals surface area (Å²) in [6.45, 7) is 0. The molecule has 0 saturated heterocycles. The van der Waals surface area contributed by atoms with E-state index in [1.54, 1.807) is 6.07 Å². The average Bonchev–Trinajstić information content (AvgIpc) is 2.14. The van der Waals surface area contributed by atoms with Gasteiger partial charge in [-0.15, -0.1) is 13.2 Å². The number of rotatable bonds is 3. The van der Waals surface area contributed by atoms with Crippen LogP contribution in [0.2, 0.25) is 0 Å². The molecule has 0 fully saturated rings. The predicted molar refractivity (Wildman–Crippen MR) is 46.5 cm³/mol. The fourth-order valence-corrected chi connectivity index (χ4v) is 1.09. The highest BCUT2D eigenvalue weighted by Gasteiger charge is 2.39. The Kier molecular flexibility index (Phi) is 3.73. The molecule has 7 heteroatoms. The first-order valence-electron chi connectivity index (χ1n) is 4.06. The van der Waals surface area contributed by atoms with Gasteiger partial charge in [-0.3, -0.25) is 4.74 Å². The molecule has 1 aromatic carbocycles. The minimum atomic E-state index is -4.91. The van der Waals surface area contributed by atoms with Gasteiger partial charge in [0.1, 0.15) is 6.00 Å². The van der Waals surface area contributed by atoms with Gasteiger partial charge < -0.3 is 10.0 Å².